The summed E-state index contributed by atoms with van der Waals surface area (Å²) >= 11 is 0. The third-order valence-electron chi connectivity index (χ3n) is 10.2. The monoisotopic (exact) mass is 665 g/mol. The summed E-state index contributed by atoms with van der Waals surface area (Å²) in [6.07, 6.45) is 10.8. The number of ether oxygens (including phenoxy) is 2. The highest BCUT2D eigenvalue weighted by atomic mass is 16.5. The van der Waals surface area contributed by atoms with Crippen LogP contribution < -0.4 is 47.9 Å². The molecule has 3 heterocycles. The summed E-state index contributed by atoms with van der Waals surface area (Å²) in [6, 6.07) is 39.2. The lowest BCUT2D eigenvalue weighted by molar-refractivity contribution is 0.464. The van der Waals surface area contributed by atoms with Crippen molar-refractivity contribution in [2.24, 2.45) is 17.4 Å². The third kappa shape index (κ3) is 5.78. The number of nitrogens with two attached hydrogens (primary N) is 2. The topological polar surface area (TPSA) is 75.4 Å². The van der Waals surface area contributed by atoms with E-state index < -0.39 is 0 Å². The average molecular weight is 666 g/mol. The Morgan fingerprint density at radius 1 is 0.824 bits per heavy atom. The molecule has 0 amide bonds. The van der Waals surface area contributed by atoms with E-state index >= 15 is 0 Å². The van der Waals surface area contributed by atoms with Crippen LogP contribution in [0.5, 0.6) is 23.0 Å². The van der Waals surface area contributed by atoms with Crippen LogP contribution in [0.15, 0.2) is 152 Å². The number of benzene rings is 5. The van der Waals surface area contributed by atoms with E-state index in [9.17, 15) is 0 Å². The molecule has 51 heavy (non-hydrogen) atoms. The molecule has 6 heteroatoms. The van der Waals surface area contributed by atoms with Crippen molar-refractivity contribution in [2.75, 3.05) is 0 Å². The lowest BCUT2D eigenvalue weighted by atomic mass is 9.35. The van der Waals surface area contributed by atoms with Gasteiger partial charge in [-0.15, -0.1) is 0 Å². The molecule has 2 unspecified atom stereocenters. The summed E-state index contributed by atoms with van der Waals surface area (Å²) in [7, 11) is 0. The molecule has 0 radical (unpaired) electrons. The van der Waals surface area contributed by atoms with Crippen LogP contribution >= 0.6 is 0 Å². The molecule has 0 spiro atoms. The van der Waals surface area contributed by atoms with Crippen LogP contribution in [0.1, 0.15) is 18.9 Å². The quantitative estimate of drug-likeness (QED) is 0.219. The van der Waals surface area contributed by atoms with Gasteiger partial charge in [-0.25, -0.2) is 0 Å². The zero-order chi connectivity index (χ0) is 35.1. The largest absolute Gasteiger partial charge is 0.458 e. The SMILES string of the molecule is C=C1C=CC=CC1CC(N)/C(C)=c1\c(=C/N)c2ccccc2n1-c1cc2c3c(c1)Oc1ccccc1B3c1ccccc1O2.Cc1ccccc1. The van der Waals surface area contributed by atoms with Gasteiger partial charge in [0.05, 0.1) is 16.6 Å². The molecule has 0 saturated heterocycles. The van der Waals surface area contributed by atoms with E-state index in [0.29, 0.717) is 0 Å². The van der Waals surface area contributed by atoms with E-state index in [-0.39, 0.29) is 18.7 Å². The fourth-order valence-corrected chi connectivity index (χ4v) is 7.61. The predicted molar refractivity (Wildman–Crippen MR) is 213 cm³/mol. The first-order valence-corrected chi connectivity index (χ1v) is 17.5. The van der Waals surface area contributed by atoms with Crippen LogP contribution in [0.4, 0.5) is 0 Å². The first-order valence-electron chi connectivity index (χ1n) is 17.5. The minimum atomic E-state index is -0.221. The first-order chi connectivity index (χ1) is 24.9. The van der Waals surface area contributed by atoms with Gasteiger partial charge in [-0.05, 0) is 60.5 Å². The number of allylic oxidation sites excluding steroid dienone is 5. The molecule has 1 aromatic heterocycles. The Hall–Kier alpha value is -5.98. The van der Waals surface area contributed by atoms with Crippen molar-refractivity contribution in [3.63, 3.8) is 0 Å². The molecule has 3 aliphatic rings. The van der Waals surface area contributed by atoms with Crippen LogP contribution in [0.2, 0.25) is 0 Å². The lowest BCUT2D eigenvalue weighted by Gasteiger charge is -2.33. The number of aryl methyl sites for hydroxylation is 1. The number of rotatable bonds is 4. The smallest absolute Gasteiger partial charge is 0.260 e. The summed E-state index contributed by atoms with van der Waals surface area (Å²) in [5.41, 5.74) is 22.1. The summed E-state index contributed by atoms with van der Waals surface area (Å²) in [5.74, 6) is 3.47. The number of hydrogen-bond donors (Lipinski definition) is 2. The number of para-hydroxylation sites is 3. The van der Waals surface area contributed by atoms with Crippen LogP contribution in [0.3, 0.4) is 0 Å². The molecule has 5 nitrogen and oxygen atoms in total. The van der Waals surface area contributed by atoms with Gasteiger partial charge in [0.1, 0.15) is 23.0 Å². The first kappa shape index (κ1) is 32.2. The van der Waals surface area contributed by atoms with Gasteiger partial charge in [0, 0.05) is 46.4 Å². The second-order valence-electron chi connectivity index (χ2n) is 13.5. The Labute approximate surface area is 299 Å². The van der Waals surface area contributed by atoms with Crippen molar-refractivity contribution >= 4 is 45.8 Å². The van der Waals surface area contributed by atoms with Crippen molar-refractivity contribution in [3.05, 3.63) is 168 Å². The van der Waals surface area contributed by atoms with E-state index in [0.717, 1.165) is 84.1 Å². The Balaban J connectivity index is 0.000000480. The van der Waals surface area contributed by atoms with E-state index in [2.05, 4.69) is 110 Å². The summed E-state index contributed by atoms with van der Waals surface area (Å²) in [4.78, 5) is 0. The Bertz CT molecular complexity index is 2420. The Morgan fingerprint density at radius 2 is 1.43 bits per heavy atom. The summed E-state index contributed by atoms with van der Waals surface area (Å²) in [6.45, 7) is 8.47. The molecule has 6 aromatic rings. The van der Waals surface area contributed by atoms with Crippen molar-refractivity contribution < 1.29 is 9.47 Å². The fourth-order valence-electron chi connectivity index (χ4n) is 7.61. The van der Waals surface area contributed by atoms with E-state index in [1.54, 1.807) is 6.20 Å². The van der Waals surface area contributed by atoms with Gasteiger partial charge in [0.15, 0.2) is 0 Å². The molecule has 0 saturated carbocycles. The van der Waals surface area contributed by atoms with Crippen molar-refractivity contribution in [1.82, 2.24) is 4.57 Å². The van der Waals surface area contributed by atoms with E-state index in [4.69, 9.17) is 20.9 Å². The summed E-state index contributed by atoms with van der Waals surface area (Å²) < 4.78 is 15.5. The second-order valence-corrected chi connectivity index (χ2v) is 13.5. The number of nitrogens with zero attached hydrogens (tertiary/aromatic N) is 1. The minimum absolute atomic E-state index is 0.0187. The zero-order valence-corrected chi connectivity index (χ0v) is 28.9. The highest BCUT2D eigenvalue weighted by Crippen LogP contribution is 2.36. The van der Waals surface area contributed by atoms with Gasteiger partial charge in [0.2, 0.25) is 0 Å². The number of hydrogen-bond acceptors (Lipinski definition) is 4. The van der Waals surface area contributed by atoms with Crippen LogP contribution in [0.25, 0.3) is 28.4 Å². The van der Waals surface area contributed by atoms with Crippen LogP contribution in [-0.4, -0.2) is 17.3 Å². The number of aromatic nitrogens is 1. The maximum atomic E-state index is 6.98. The zero-order valence-electron chi connectivity index (χ0n) is 28.9. The standard InChI is InChI=1S/C38H32BN3O2.C7H8/c1-23-11-3-4-12-25(23)19-31(41)24(2)38-28(22-40)27-13-5-8-16-32(27)42(38)26-20-35-37-36(21-26)44-34-18-10-7-15-30(34)39(37)29-14-6-9-17-33(29)43-35;1-7-5-3-2-4-6-7/h3-18,20-22,25,31H,1,19,40-41H2,2H3;2-6H,1H3/b28-22-,38-24+;. The molecule has 4 N–H and O–H groups in total. The highest BCUT2D eigenvalue weighted by Gasteiger charge is 2.40. The summed E-state index contributed by atoms with van der Waals surface area (Å²) in [5, 5.41) is 3.00. The molecule has 2 aliphatic heterocycles. The molecule has 5 aromatic carbocycles. The van der Waals surface area contributed by atoms with Gasteiger partial charge in [0.25, 0.3) is 6.71 Å². The van der Waals surface area contributed by atoms with Crippen LogP contribution in [-0.2, 0) is 0 Å². The van der Waals surface area contributed by atoms with Gasteiger partial charge < -0.3 is 25.5 Å². The average Bonchev–Trinajstić information content (AvgIpc) is 3.50. The minimum Gasteiger partial charge on any atom is -0.458 e. The van der Waals surface area contributed by atoms with Crippen molar-refractivity contribution in [2.45, 2.75) is 26.3 Å². The predicted octanol–water partition coefficient (Wildman–Crippen LogP) is 6.24. The molecular weight excluding hydrogens is 625 g/mol. The van der Waals surface area contributed by atoms with E-state index in [1.807, 2.05) is 54.6 Å². The maximum absolute atomic E-state index is 6.98. The Kier molecular flexibility index (Phi) is 8.46. The van der Waals surface area contributed by atoms with Gasteiger partial charge in [-0.1, -0.05) is 121 Å². The normalized spacial score (nSPS) is 16.6. The highest BCUT2D eigenvalue weighted by molar-refractivity contribution is 6.98. The molecule has 2 atom stereocenters. The van der Waals surface area contributed by atoms with Gasteiger partial charge in [-0.2, -0.15) is 0 Å². The molecule has 0 fully saturated rings. The van der Waals surface area contributed by atoms with Gasteiger partial charge in [-0.3, -0.25) is 0 Å². The Morgan fingerprint density at radius 3 is 2.04 bits per heavy atom. The van der Waals surface area contributed by atoms with Crippen LogP contribution in [0, 0.1) is 12.8 Å². The lowest BCUT2D eigenvalue weighted by Crippen LogP contribution is -2.57. The molecule has 1 aliphatic carbocycles. The maximum Gasteiger partial charge on any atom is 0.260 e. The molecule has 9 rings (SSSR count). The number of fused-ring (bicyclic) bond motifs is 5. The fraction of sp³-hybridized carbons (Fsp3) is 0.111. The third-order valence-corrected chi connectivity index (χ3v) is 10.2. The van der Waals surface area contributed by atoms with Crippen molar-refractivity contribution in [1.29, 1.82) is 0 Å². The second kappa shape index (κ2) is 13.4. The molecule has 0 bridgehead atoms. The van der Waals surface area contributed by atoms with E-state index in [1.165, 1.54) is 5.56 Å². The van der Waals surface area contributed by atoms with Gasteiger partial charge >= 0.3 is 0 Å². The molecule has 250 valence electrons. The molecular formula is C45H40BN3O2. The van der Waals surface area contributed by atoms with Crippen molar-refractivity contribution in [3.8, 4) is 28.7 Å².